The van der Waals surface area contributed by atoms with E-state index in [4.69, 9.17) is 21.4 Å². The molecule has 0 unspecified atom stereocenters. The van der Waals surface area contributed by atoms with Crippen LogP contribution in [0.5, 0.6) is 5.75 Å². The summed E-state index contributed by atoms with van der Waals surface area (Å²) in [5.74, 6) is 0.752. The molecule has 0 bridgehead atoms. The van der Waals surface area contributed by atoms with Gasteiger partial charge in [0.05, 0.1) is 18.5 Å². The molecule has 1 aromatic heterocycles. The van der Waals surface area contributed by atoms with Gasteiger partial charge in [0.15, 0.2) is 0 Å². The summed E-state index contributed by atoms with van der Waals surface area (Å²) < 4.78 is 6.65. The van der Waals surface area contributed by atoms with Crippen LogP contribution >= 0.6 is 11.6 Å². The number of hydrogen-bond donors (Lipinski definition) is 0. The number of nitrogens with zero attached hydrogens (tertiary/aromatic N) is 2. The molecule has 0 saturated heterocycles. The van der Waals surface area contributed by atoms with Crippen LogP contribution in [0.25, 0.3) is 28.1 Å². The summed E-state index contributed by atoms with van der Waals surface area (Å²) in [6.45, 7) is 0. The van der Waals surface area contributed by atoms with Crippen molar-refractivity contribution in [2.75, 3.05) is 7.11 Å². The van der Waals surface area contributed by atoms with Gasteiger partial charge in [-0.1, -0.05) is 54.1 Å². The van der Waals surface area contributed by atoms with Crippen molar-refractivity contribution in [1.29, 1.82) is 0 Å². The first-order chi connectivity index (χ1) is 13.7. The van der Waals surface area contributed by atoms with Crippen molar-refractivity contribution < 1.29 is 4.74 Å². The van der Waals surface area contributed by atoms with E-state index in [2.05, 4.69) is 0 Å². The number of methoxy groups -OCH3 is 1. The van der Waals surface area contributed by atoms with Gasteiger partial charge in [0.25, 0.3) is 5.56 Å². The van der Waals surface area contributed by atoms with Crippen LogP contribution in [0.4, 0.5) is 0 Å². The molecule has 138 valence electrons. The van der Waals surface area contributed by atoms with Crippen LogP contribution in [0.2, 0.25) is 5.02 Å². The van der Waals surface area contributed by atoms with Crippen LogP contribution in [0, 0.1) is 0 Å². The molecule has 0 fully saturated rings. The minimum absolute atomic E-state index is 0.199. The van der Waals surface area contributed by atoms with Gasteiger partial charge in [-0.15, -0.1) is 0 Å². The highest BCUT2D eigenvalue weighted by Crippen LogP contribution is 2.31. The second kappa shape index (κ2) is 7.71. The third kappa shape index (κ3) is 3.55. The molecule has 4 nitrogen and oxygen atoms in total. The van der Waals surface area contributed by atoms with Gasteiger partial charge in [0.1, 0.15) is 5.75 Å². The van der Waals surface area contributed by atoms with E-state index < -0.39 is 0 Å². The van der Waals surface area contributed by atoms with Crippen molar-refractivity contribution in [3.05, 3.63) is 100 Å². The Kier molecular flexibility index (Phi) is 4.96. The van der Waals surface area contributed by atoms with Crippen molar-refractivity contribution >= 4 is 11.6 Å². The van der Waals surface area contributed by atoms with E-state index in [1.165, 1.54) is 4.68 Å². The third-order valence-electron chi connectivity index (χ3n) is 4.45. The number of para-hydroxylation sites is 1. The van der Waals surface area contributed by atoms with E-state index in [0.29, 0.717) is 16.4 Å². The topological polar surface area (TPSA) is 44.1 Å². The number of hydrogen-bond acceptors (Lipinski definition) is 3. The quantitative estimate of drug-likeness (QED) is 0.481. The molecule has 4 aromatic rings. The molecule has 0 aliphatic heterocycles. The molecule has 0 amide bonds. The van der Waals surface area contributed by atoms with Gasteiger partial charge in [-0.2, -0.15) is 9.78 Å². The fourth-order valence-electron chi connectivity index (χ4n) is 3.02. The van der Waals surface area contributed by atoms with Gasteiger partial charge in [0.2, 0.25) is 0 Å². The zero-order valence-corrected chi connectivity index (χ0v) is 15.9. The normalized spacial score (nSPS) is 10.6. The first-order valence-corrected chi connectivity index (χ1v) is 9.14. The van der Waals surface area contributed by atoms with Crippen molar-refractivity contribution in [1.82, 2.24) is 9.78 Å². The average molecular weight is 389 g/mol. The van der Waals surface area contributed by atoms with E-state index in [9.17, 15) is 4.79 Å². The lowest BCUT2D eigenvalue weighted by atomic mass is 10.00. The molecule has 0 saturated carbocycles. The Morgan fingerprint density at radius 3 is 2.14 bits per heavy atom. The van der Waals surface area contributed by atoms with Crippen LogP contribution in [0.1, 0.15) is 0 Å². The highest BCUT2D eigenvalue weighted by Gasteiger charge is 2.14. The summed E-state index contributed by atoms with van der Waals surface area (Å²) in [5, 5.41) is 5.34. The molecule has 0 N–H and O–H groups in total. The average Bonchev–Trinajstić information content (AvgIpc) is 2.75. The molecular weight excluding hydrogens is 372 g/mol. The van der Waals surface area contributed by atoms with Crippen molar-refractivity contribution in [2.24, 2.45) is 0 Å². The fourth-order valence-corrected chi connectivity index (χ4v) is 3.15. The molecular formula is C23H17ClN2O2. The van der Waals surface area contributed by atoms with Crippen molar-refractivity contribution in [3.8, 4) is 33.8 Å². The van der Waals surface area contributed by atoms with Gasteiger partial charge in [-0.3, -0.25) is 4.79 Å². The van der Waals surface area contributed by atoms with Crippen molar-refractivity contribution in [2.45, 2.75) is 0 Å². The van der Waals surface area contributed by atoms with Crippen LogP contribution < -0.4 is 10.3 Å². The van der Waals surface area contributed by atoms with Gasteiger partial charge in [-0.25, -0.2) is 0 Å². The molecule has 28 heavy (non-hydrogen) atoms. The maximum absolute atomic E-state index is 12.8. The van der Waals surface area contributed by atoms with Gasteiger partial charge < -0.3 is 4.74 Å². The van der Waals surface area contributed by atoms with E-state index in [-0.39, 0.29) is 5.56 Å². The third-order valence-corrected chi connectivity index (χ3v) is 4.70. The smallest absolute Gasteiger partial charge is 0.272 e. The lowest BCUT2D eigenvalue weighted by Gasteiger charge is -2.13. The van der Waals surface area contributed by atoms with E-state index >= 15 is 0 Å². The van der Waals surface area contributed by atoms with Gasteiger partial charge in [-0.05, 0) is 42.0 Å². The molecule has 0 radical (unpaired) electrons. The SMILES string of the molecule is COc1ccc(-c2cc(=O)n(-c3ccccc3)nc2-c2ccc(Cl)cc2)cc1. The van der Waals surface area contributed by atoms with Crippen LogP contribution in [-0.2, 0) is 0 Å². The van der Waals surface area contributed by atoms with Gasteiger partial charge in [0, 0.05) is 22.2 Å². The lowest BCUT2D eigenvalue weighted by molar-refractivity contribution is 0.415. The molecule has 1 heterocycles. The Labute approximate surface area is 167 Å². The number of benzene rings is 3. The molecule has 5 heteroatoms. The minimum Gasteiger partial charge on any atom is -0.497 e. The summed E-state index contributed by atoms with van der Waals surface area (Å²) in [5.41, 5.74) is 3.72. The van der Waals surface area contributed by atoms with E-state index in [0.717, 1.165) is 22.4 Å². The number of aromatic nitrogens is 2. The summed E-state index contributed by atoms with van der Waals surface area (Å²) in [6.07, 6.45) is 0. The van der Waals surface area contributed by atoms with Crippen molar-refractivity contribution in [3.63, 3.8) is 0 Å². The summed E-state index contributed by atoms with van der Waals surface area (Å²) in [7, 11) is 1.62. The zero-order chi connectivity index (χ0) is 19.5. The standard InChI is InChI=1S/C23H17ClN2O2/c1-28-20-13-9-16(10-14-20)21-15-22(27)26(19-5-3-2-4-6-19)25-23(21)17-7-11-18(24)12-8-17/h2-15H,1H3. The lowest BCUT2D eigenvalue weighted by Crippen LogP contribution is -2.21. The molecule has 0 atom stereocenters. The molecule has 0 spiro atoms. The predicted octanol–water partition coefficient (Wildman–Crippen LogP) is 5.23. The Balaban J connectivity index is 1.95. The minimum atomic E-state index is -0.199. The van der Waals surface area contributed by atoms with Crippen LogP contribution in [-0.4, -0.2) is 16.9 Å². The largest absolute Gasteiger partial charge is 0.497 e. The number of rotatable bonds is 4. The summed E-state index contributed by atoms with van der Waals surface area (Å²) >= 11 is 6.05. The second-order valence-electron chi connectivity index (χ2n) is 6.23. The molecule has 3 aromatic carbocycles. The Hall–Kier alpha value is -3.37. The molecule has 0 aliphatic carbocycles. The monoisotopic (exact) mass is 388 g/mol. The predicted molar refractivity (Wildman–Crippen MR) is 112 cm³/mol. The van der Waals surface area contributed by atoms with E-state index in [1.54, 1.807) is 13.2 Å². The maximum Gasteiger partial charge on any atom is 0.272 e. The number of halogens is 1. The second-order valence-corrected chi connectivity index (χ2v) is 6.66. The first kappa shape index (κ1) is 18.0. The Morgan fingerprint density at radius 2 is 1.50 bits per heavy atom. The first-order valence-electron chi connectivity index (χ1n) is 8.76. The highest BCUT2D eigenvalue weighted by molar-refractivity contribution is 6.30. The fraction of sp³-hybridized carbons (Fsp3) is 0.0435. The maximum atomic E-state index is 12.8. The van der Waals surface area contributed by atoms with E-state index in [1.807, 2.05) is 78.9 Å². The number of ether oxygens (including phenoxy) is 1. The Morgan fingerprint density at radius 1 is 0.857 bits per heavy atom. The molecule has 4 rings (SSSR count). The molecule has 0 aliphatic rings. The Bertz CT molecular complexity index is 1150. The van der Waals surface area contributed by atoms with Crippen LogP contribution in [0.15, 0.2) is 89.7 Å². The summed E-state index contributed by atoms with van der Waals surface area (Å²) in [4.78, 5) is 12.8. The highest BCUT2D eigenvalue weighted by atomic mass is 35.5. The zero-order valence-electron chi connectivity index (χ0n) is 15.2. The van der Waals surface area contributed by atoms with Crippen LogP contribution in [0.3, 0.4) is 0 Å². The summed E-state index contributed by atoms with van der Waals surface area (Å²) in [6, 6.07) is 26.0. The van der Waals surface area contributed by atoms with Gasteiger partial charge >= 0.3 is 0 Å².